The zero-order valence-electron chi connectivity index (χ0n) is 12.0. The van der Waals surface area contributed by atoms with Gasteiger partial charge in [-0.2, -0.15) is 0 Å². The number of nitrogens with zero attached hydrogens (tertiary/aromatic N) is 1. The monoisotopic (exact) mass is 272 g/mol. The highest BCUT2D eigenvalue weighted by Crippen LogP contribution is 2.21. The van der Waals surface area contributed by atoms with E-state index in [9.17, 15) is 0 Å². The van der Waals surface area contributed by atoms with Gasteiger partial charge in [0.1, 0.15) is 12.4 Å². The van der Waals surface area contributed by atoms with Gasteiger partial charge in [0.15, 0.2) is 5.76 Å². The van der Waals surface area contributed by atoms with Gasteiger partial charge in [-0.1, -0.05) is 17.3 Å². The summed E-state index contributed by atoms with van der Waals surface area (Å²) >= 11 is 0. The molecule has 1 N–H and O–H groups in total. The number of hydrogen-bond donors (Lipinski definition) is 1. The van der Waals surface area contributed by atoms with Crippen molar-refractivity contribution in [2.75, 3.05) is 0 Å². The Morgan fingerprint density at radius 3 is 2.95 bits per heavy atom. The van der Waals surface area contributed by atoms with Gasteiger partial charge in [-0.25, -0.2) is 0 Å². The summed E-state index contributed by atoms with van der Waals surface area (Å²) in [7, 11) is 0. The van der Waals surface area contributed by atoms with Crippen LogP contribution in [0.15, 0.2) is 28.8 Å². The molecule has 0 atom stereocenters. The number of nitrogens with one attached hydrogen (secondary N) is 1. The van der Waals surface area contributed by atoms with Gasteiger partial charge in [0.05, 0.1) is 5.69 Å². The molecule has 20 heavy (non-hydrogen) atoms. The summed E-state index contributed by atoms with van der Waals surface area (Å²) < 4.78 is 11.1. The van der Waals surface area contributed by atoms with Gasteiger partial charge in [-0.3, -0.25) is 0 Å². The van der Waals surface area contributed by atoms with Crippen LogP contribution < -0.4 is 10.1 Å². The Bertz CT molecular complexity index is 588. The van der Waals surface area contributed by atoms with Gasteiger partial charge in [0.25, 0.3) is 0 Å². The zero-order chi connectivity index (χ0) is 13.9. The molecule has 0 bridgehead atoms. The maximum absolute atomic E-state index is 5.80. The van der Waals surface area contributed by atoms with E-state index in [4.69, 9.17) is 9.26 Å². The molecule has 1 aromatic heterocycles. The molecule has 1 aliphatic carbocycles. The summed E-state index contributed by atoms with van der Waals surface area (Å²) in [5.74, 6) is 1.66. The third-order valence-electron chi connectivity index (χ3n) is 3.47. The first-order valence-corrected chi connectivity index (χ1v) is 7.08. The van der Waals surface area contributed by atoms with Crippen molar-refractivity contribution in [3.63, 3.8) is 0 Å². The number of ether oxygens (including phenoxy) is 1. The minimum absolute atomic E-state index is 0.417. The molecule has 0 amide bonds. The van der Waals surface area contributed by atoms with Crippen molar-refractivity contribution < 1.29 is 9.26 Å². The number of aryl methyl sites for hydroxylation is 2. The first kappa shape index (κ1) is 13.2. The van der Waals surface area contributed by atoms with Gasteiger partial charge in [0.2, 0.25) is 0 Å². The van der Waals surface area contributed by atoms with Crippen LogP contribution in [0.2, 0.25) is 0 Å². The van der Waals surface area contributed by atoms with Crippen LogP contribution in [-0.4, -0.2) is 11.2 Å². The van der Waals surface area contributed by atoms with E-state index < -0.39 is 0 Å². The second-order valence-corrected chi connectivity index (χ2v) is 5.50. The Morgan fingerprint density at radius 2 is 2.15 bits per heavy atom. The first-order valence-electron chi connectivity index (χ1n) is 7.08. The summed E-state index contributed by atoms with van der Waals surface area (Å²) in [4.78, 5) is 0. The molecule has 1 aliphatic rings. The Hall–Kier alpha value is -1.81. The predicted octanol–water partition coefficient (Wildman–Crippen LogP) is 3.12. The van der Waals surface area contributed by atoms with Crippen molar-refractivity contribution in [3.05, 3.63) is 46.8 Å². The fourth-order valence-electron chi connectivity index (χ4n) is 2.06. The lowest BCUT2D eigenvalue weighted by Crippen LogP contribution is -2.15. The second-order valence-electron chi connectivity index (χ2n) is 5.50. The summed E-state index contributed by atoms with van der Waals surface area (Å²) in [6.07, 6.45) is 2.56. The van der Waals surface area contributed by atoms with E-state index in [1.54, 1.807) is 0 Å². The summed E-state index contributed by atoms with van der Waals surface area (Å²) in [6.45, 7) is 5.29. The Kier molecular flexibility index (Phi) is 3.74. The Morgan fingerprint density at radius 1 is 1.30 bits per heavy atom. The molecular weight excluding hydrogens is 252 g/mol. The fourth-order valence-corrected chi connectivity index (χ4v) is 2.06. The van der Waals surface area contributed by atoms with Crippen molar-refractivity contribution in [3.8, 4) is 5.75 Å². The molecule has 3 rings (SSSR count). The van der Waals surface area contributed by atoms with Crippen molar-refractivity contribution in [1.82, 2.24) is 10.5 Å². The minimum Gasteiger partial charge on any atom is -0.485 e. The number of rotatable bonds is 6. The molecular formula is C16H20N2O2. The zero-order valence-corrected chi connectivity index (χ0v) is 12.0. The van der Waals surface area contributed by atoms with Crippen LogP contribution in [0.1, 0.15) is 35.4 Å². The van der Waals surface area contributed by atoms with Crippen molar-refractivity contribution in [1.29, 1.82) is 0 Å². The Labute approximate surface area is 119 Å². The molecule has 4 nitrogen and oxygen atoms in total. The molecule has 0 spiro atoms. The number of aromatic nitrogens is 1. The van der Waals surface area contributed by atoms with E-state index >= 15 is 0 Å². The van der Waals surface area contributed by atoms with Crippen LogP contribution in [0.5, 0.6) is 5.75 Å². The third-order valence-corrected chi connectivity index (χ3v) is 3.47. The van der Waals surface area contributed by atoms with Crippen molar-refractivity contribution in [2.45, 2.75) is 45.9 Å². The standard InChI is InChI=1S/C16H20N2O2/c1-11-3-4-12(2)16(7-11)19-10-15-8-14(18-20-15)9-17-13-5-6-13/h3-4,7-8,13,17H,5-6,9-10H2,1-2H3. The van der Waals surface area contributed by atoms with Gasteiger partial charge >= 0.3 is 0 Å². The highest BCUT2D eigenvalue weighted by Gasteiger charge is 2.20. The lowest BCUT2D eigenvalue weighted by Gasteiger charge is -2.07. The quantitative estimate of drug-likeness (QED) is 0.877. The maximum atomic E-state index is 5.80. The van der Waals surface area contributed by atoms with Crippen LogP contribution in [0, 0.1) is 13.8 Å². The van der Waals surface area contributed by atoms with E-state index in [1.165, 1.54) is 18.4 Å². The predicted molar refractivity (Wildman–Crippen MR) is 76.6 cm³/mol. The fraction of sp³-hybridized carbons (Fsp3) is 0.438. The van der Waals surface area contributed by atoms with E-state index in [0.29, 0.717) is 12.6 Å². The smallest absolute Gasteiger partial charge is 0.174 e. The molecule has 0 unspecified atom stereocenters. The molecule has 0 saturated heterocycles. The van der Waals surface area contributed by atoms with E-state index in [1.807, 2.05) is 19.1 Å². The van der Waals surface area contributed by atoms with E-state index in [-0.39, 0.29) is 0 Å². The van der Waals surface area contributed by atoms with Crippen LogP contribution in [0.25, 0.3) is 0 Å². The largest absolute Gasteiger partial charge is 0.485 e. The molecule has 1 aromatic carbocycles. The second kappa shape index (κ2) is 5.67. The van der Waals surface area contributed by atoms with Crippen LogP contribution in [0.4, 0.5) is 0 Å². The molecule has 0 aliphatic heterocycles. The SMILES string of the molecule is Cc1ccc(C)c(OCc2cc(CNC3CC3)no2)c1. The lowest BCUT2D eigenvalue weighted by atomic mass is 10.1. The van der Waals surface area contributed by atoms with Gasteiger partial charge in [0, 0.05) is 18.7 Å². The van der Waals surface area contributed by atoms with Gasteiger partial charge < -0.3 is 14.6 Å². The van der Waals surface area contributed by atoms with Gasteiger partial charge in [-0.05, 0) is 43.9 Å². The highest BCUT2D eigenvalue weighted by molar-refractivity contribution is 5.36. The summed E-state index contributed by atoms with van der Waals surface area (Å²) in [6, 6.07) is 8.83. The molecule has 4 heteroatoms. The van der Waals surface area contributed by atoms with Crippen LogP contribution in [0.3, 0.4) is 0 Å². The van der Waals surface area contributed by atoms with Crippen LogP contribution >= 0.6 is 0 Å². The first-order chi connectivity index (χ1) is 9.70. The third kappa shape index (κ3) is 3.39. The number of benzene rings is 1. The minimum atomic E-state index is 0.417. The Balaban J connectivity index is 1.55. The van der Waals surface area contributed by atoms with Crippen molar-refractivity contribution >= 4 is 0 Å². The number of hydrogen-bond acceptors (Lipinski definition) is 4. The molecule has 1 saturated carbocycles. The maximum Gasteiger partial charge on any atom is 0.174 e. The lowest BCUT2D eigenvalue weighted by molar-refractivity contribution is 0.247. The molecule has 106 valence electrons. The average molecular weight is 272 g/mol. The normalized spacial score (nSPS) is 14.5. The highest BCUT2D eigenvalue weighted by atomic mass is 16.5. The summed E-state index contributed by atoms with van der Waals surface area (Å²) in [5.41, 5.74) is 3.26. The average Bonchev–Trinajstić information content (AvgIpc) is 3.16. The van der Waals surface area contributed by atoms with E-state index in [2.05, 4.69) is 29.5 Å². The molecule has 2 aromatic rings. The topological polar surface area (TPSA) is 47.3 Å². The molecule has 0 radical (unpaired) electrons. The summed E-state index contributed by atoms with van der Waals surface area (Å²) in [5, 5.41) is 7.46. The van der Waals surface area contributed by atoms with Crippen molar-refractivity contribution in [2.24, 2.45) is 0 Å². The molecule has 1 heterocycles. The van der Waals surface area contributed by atoms with Gasteiger partial charge in [-0.15, -0.1) is 0 Å². The van der Waals surface area contributed by atoms with Crippen LogP contribution in [-0.2, 0) is 13.2 Å². The van der Waals surface area contributed by atoms with E-state index in [0.717, 1.165) is 29.3 Å². The molecule has 1 fully saturated rings.